The summed E-state index contributed by atoms with van der Waals surface area (Å²) in [4.78, 5) is 0. The van der Waals surface area contributed by atoms with Crippen molar-refractivity contribution < 1.29 is 9.84 Å². The number of benzene rings is 2. The lowest BCUT2D eigenvalue weighted by atomic mass is 10.0. The summed E-state index contributed by atoms with van der Waals surface area (Å²) in [6.45, 7) is 3.89. The molecule has 0 radical (unpaired) electrons. The Hall–Kier alpha value is -2.00. The first-order chi connectivity index (χ1) is 9.56. The molecular weight excluding hydrogens is 250 g/mol. The highest BCUT2D eigenvalue weighted by Gasteiger charge is 2.16. The molecule has 2 unspecified atom stereocenters. The second-order valence-electron chi connectivity index (χ2n) is 5.18. The van der Waals surface area contributed by atoms with Gasteiger partial charge in [0, 0.05) is 12.5 Å². The van der Waals surface area contributed by atoms with E-state index >= 15 is 0 Å². The van der Waals surface area contributed by atoms with Crippen LogP contribution in [-0.4, -0.2) is 11.1 Å². The fourth-order valence-corrected chi connectivity index (χ4v) is 2.18. The first kappa shape index (κ1) is 14.4. The number of nitrogens with two attached hydrogens (primary N) is 1. The summed E-state index contributed by atoms with van der Waals surface area (Å²) in [6, 6.07) is 15.2. The summed E-state index contributed by atoms with van der Waals surface area (Å²) in [6.07, 6.45) is 0.657. The van der Waals surface area contributed by atoms with Crippen molar-refractivity contribution in [1.82, 2.24) is 0 Å². The molecule has 0 fully saturated rings. The van der Waals surface area contributed by atoms with Crippen molar-refractivity contribution in [2.45, 2.75) is 32.4 Å². The van der Waals surface area contributed by atoms with E-state index < -0.39 is 0 Å². The normalized spacial score (nSPS) is 13.8. The Kier molecular flexibility index (Phi) is 4.64. The molecule has 106 valence electrons. The van der Waals surface area contributed by atoms with Crippen molar-refractivity contribution in [3.8, 4) is 11.5 Å². The zero-order chi connectivity index (χ0) is 14.5. The maximum Gasteiger partial charge on any atom is 0.125 e. The third kappa shape index (κ3) is 3.75. The Morgan fingerprint density at radius 2 is 1.85 bits per heavy atom. The first-order valence-electron chi connectivity index (χ1n) is 6.83. The minimum atomic E-state index is -0.0838. The van der Waals surface area contributed by atoms with Gasteiger partial charge >= 0.3 is 0 Å². The molecule has 0 bridgehead atoms. The molecule has 0 saturated heterocycles. The third-order valence-corrected chi connectivity index (χ3v) is 3.18. The molecule has 0 spiro atoms. The number of aromatic hydroxyl groups is 1. The zero-order valence-electron chi connectivity index (χ0n) is 11.9. The SMILES string of the molecule is Cc1cc(O)ccc1OC(CC(C)N)c1ccccc1. The fraction of sp³-hybridized carbons (Fsp3) is 0.294. The van der Waals surface area contributed by atoms with Gasteiger partial charge in [-0.25, -0.2) is 0 Å². The van der Waals surface area contributed by atoms with Gasteiger partial charge < -0.3 is 15.6 Å². The molecular formula is C17H21NO2. The second kappa shape index (κ2) is 6.44. The quantitative estimate of drug-likeness (QED) is 0.874. The van der Waals surface area contributed by atoms with Gasteiger partial charge in [-0.1, -0.05) is 30.3 Å². The third-order valence-electron chi connectivity index (χ3n) is 3.18. The second-order valence-corrected chi connectivity index (χ2v) is 5.18. The van der Waals surface area contributed by atoms with Crippen LogP contribution in [-0.2, 0) is 0 Å². The van der Waals surface area contributed by atoms with Gasteiger partial charge in [-0.3, -0.25) is 0 Å². The molecule has 0 saturated carbocycles. The first-order valence-corrected chi connectivity index (χ1v) is 6.83. The Morgan fingerprint density at radius 1 is 1.15 bits per heavy atom. The number of aryl methyl sites for hydroxylation is 1. The van der Waals surface area contributed by atoms with Crippen LogP contribution in [0.15, 0.2) is 48.5 Å². The van der Waals surface area contributed by atoms with Crippen LogP contribution in [0.1, 0.15) is 30.6 Å². The molecule has 0 aliphatic carbocycles. The lowest BCUT2D eigenvalue weighted by Gasteiger charge is -2.22. The van der Waals surface area contributed by atoms with Crippen molar-refractivity contribution in [3.63, 3.8) is 0 Å². The number of phenolic OH excluding ortho intramolecular Hbond substituents is 1. The summed E-state index contributed by atoms with van der Waals surface area (Å²) in [5.74, 6) is 1.02. The van der Waals surface area contributed by atoms with E-state index in [4.69, 9.17) is 10.5 Å². The number of rotatable bonds is 5. The van der Waals surface area contributed by atoms with E-state index in [0.717, 1.165) is 23.3 Å². The molecule has 0 amide bonds. The molecule has 2 aromatic carbocycles. The number of hydrogen-bond acceptors (Lipinski definition) is 3. The maximum absolute atomic E-state index is 9.46. The molecule has 3 heteroatoms. The van der Waals surface area contributed by atoms with Gasteiger partial charge in [0.15, 0.2) is 0 Å². The Balaban J connectivity index is 2.24. The van der Waals surface area contributed by atoms with E-state index in [1.165, 1.54) is 0 Å². The van der Waals surface area contributed by atoms with Crippen molar-refractivity contribution in [2.24, 2.45) is 5.73 Å². The van der Waals surface area contributed by atoms with Gasteiger partial charge in [-0.2, -0.15) is 0 Å². The number of hydrogen-bond donors (Lipinski definition) is 2. The molecule has 2 rings (SSSR count). The molecule has 0 aromatic heterocycles. The van der Waals surface area contributed by atoms with Gasteiger partial charge in [-0.05, 0) is 43.2 Å². The molecule has 3 nitrogen and oxygen atoms in total. The van der Waals surface area contributed by atoms with Crippen LogP contribution in [0.5, 0.6) is 11.5 Å². The van der Waals surface area contributed by atoms with E-state index in [1.54, 1.807) is 18.2 Å². The summed E-state index contributed by atoms with van der Waals surface area (Å²) in [5.41, 5.74) is 7.95. The molecule has 0 heterocycles. The molecule has 2 atom stereocenters. The van der Waals surface area contributed by atoms with Gasteiger partial charge in [-0.15, -0.1) is 0 Å². The van der Waals surface area contributed by atoms with E-state index in [9.17, 15) is 5.11 Å². The minimum Gasteiger partial charge on any atom is -0.508 e. The van der Waals surface area contributed by atoms with Crippen LogP contribution < -0.4 is 10.5 Å². The van der Waals surface area contributed by atoms with Crippen LogP contribution in [0.25, 0.3) is 0 Å². The van der Waals surface area contributed by atoms with Gasteiger partial charge in [0.05, 0.1) is 0 Å². The Labute approximate surface area is 120 Å². The van der Waals surface area contributed by atoms with Crippen LogP contribution in [0, 0.1) is 6.92 Å². The number of ether oxygens (including phenoxy) is 1. The van der Waals surface area contributed by atoms with Crippen LogP contribution in [0.3, 0.4) is 0 Å². The fourth-order valence-electron chi connectivity index (χ4n) is 2.18. The van der Waals surface area contributed by atoms with E-state index in [2.05, 4.69) is 0 Å². The lowest BCUT2D eigenvalue weighted by Crippen LogP contribution is -2.21. The van der Waals surface area contributed by atoms with Crippen LogP contribution in [0.4, 0.5) is 0 Å². The zero-order valence-corrected chi connectivity index (χ0v) is 11.9. The molecule has 0 aliphatic heterocycles. The van der Waals surface area contributed by atoms with Crippen LogP contribution >= 0.6 is 0 Å². The van der Waals surface area contributed by atoms with Crippen molar-refractivity contribution >= 4 is 0 Å². The average molecular weight is 271 g/mol. The highest BCUT2D eigenvalue weighted by molar-refractivity contribution is 5.39. The largest absolute Gasteiger partial charge is 0.508 e. The monoisotopic (exact) mass is 271 g/mol. The predicted molar refractivity (Wildman–Crippen MR) is 80.9 cm³/mol. The van der Waals surface area contributed by atoms with Crippen molar-refractivity contribution in [2.75, 3.05) is 0 Å². The standard InChI is InChI=1S/C17H21NO2/c1-12-10-15(19)8-9-16(12)20-17(11-13(2)18)14-6-4-3-5-7-14/h3-10,13,17,19H,11,18H2,1-2H3. The minimum absolute atomic E-state index is 0.0534. The van der Waals surface area contributed by atoms with Gasteiger partial charge in [0.25, 0.3) is 0 Å². The molecule has 3 N–H and O–H groups in total. The smallest absolute Gasteiger partial charge is 0.125 e. The molecule has 2 aromatic rings. The lowest BCUT2D eigenvalue weighted by molar-refractivity contribution is 0.185. The topological polar surface area (TPSA) is 55.5 Å². The van der Waals surface area contributed by atoms with Crippen molar-refractivity contribution in [3.05, 3.63) is 59.7 Å². The Bertz CT molecular complexity index is 552. The van der Waals surface area contributed by atoms with Gasteiger partial charge in [0.1, 0.15) is 17.6 Å². The van der Waals surface area contributed by atoms with E-state index in [0.29, 0.717) is 0 Å². The summed E-state index contributed by atoms with van der Waals surface area (Å²) >= 11 is 0. The predicted octanol–water partition coefficient (Wildman–Crippen LogP) is 3.56. The Morgan fingerprint density at radius 3 is 2.45 bits per heavy atom. The van der Waals surface area contributed by atoms with E-state index in [1.807, 2.05) is 44.2 Å². The highest BCUT2D eigenvalue weighted by atomic mass is 16.5. The average Bonchev–Trinajstić information content (AvgIpc) is 2.41. The van der Waals surface area contributed by atoms with Gasteiger partial charge in [0.2, 0.25) is 0 Å². The highest BCUT2D eigenvalue weighted by Crippen LogP contribution is 2.29. The molecule has 20 heavy (non-hydrogen) atoms. The summed E-state index contributed by atoms with van der Waals surface area (Å²) in [5, 5.41) is 9.46. The van der Waals surface area contributed by atoms with E-state index in [-0.39, 0.29) is 17.9 Å². The maximum atomic E-state index is 9.46. The number of phenols is 1. The summed E-state index contributed by atoms with van der Waals surface area (Å²) < 4.78 is 6.11. The van der Waals surface area contributed by atoms with Crippen molar-refractivity contribution in [1.29, 1.82) is 0 Å². The molecule has 0 aliphatic rings. The summed E-state index contributed by atoms with van der Waals surface area (Å²) in [7, 11) is 0. The van der Waals surface area contributed by atoms with Crippen LogP contribution in [0.2, 0.25) is 0 Å².